The highest BCUT2D eigenvalue weighted by Crippen LogP contribution is 2.09. The minimum Gasteiger partial charge on any atom is -0.299 e. The molecule has 17 heavy (non-hydrogen) atoms. The molecule has 0 saturated carbocycles. The summed E-state index contributed by atoms with van der Waals surface area (Å²) in [5, 5.41) is 0. The van der Waals surface area contributed by atoms with Gasteiger partial charge < -0.3 is 0 Å². The van der Waals surface area contributed by atoms with Crippen molar-refractivity contribution in [2.24, 2.45) is 7.05 Å². The van der Waals surface area contributed by atoms with Gasteiger partial charge in [-0.2, -0.15) is 0 Å². The van der Waals surface area contributed by atoms with Gasteiger partial charge in [0.15, 0.2) is 0 Å². The number of aromatic nitrogens is 2. The van der Waals surface area contributed by atoms with Gasteiger partial charge in [0.05, 0.1) is 5.69 Å². The third kappa shape index (κ3) is 1.86. The molecule has 5 heteroatoms. The zero-order valence-electron chi connectivity index (χ0n) is 9.48. The molecule has 0 amide bonds. The van der Waals surface area contributed by atoms with Crippen LogP contribution in [0.5, 0.6) is 0 Å². The fourth-order valence-corrected chi connectivity index (χ4v) is 2.03. The molecular formula is C12H11BrN2O2. The zero-order chi connectivity index (χ0) is 12.6. The van der Waals surface area contributed by atoms with Crippen molar-refractivity contribution < 1.29 is 0 Å². The van der Waals surface area contributed by atoms with E-state index in [0.29, 0.717) is 15.9 Å². The largest absolute Gasteiger partial charge is 0.335 e. The third-order valence-corrected chi connectivity index (χ3v) is 3.62. The number of halogens is 1. The molecule has 0 radical (unpaired) electrons. The van der Waals surface area contributed by atoms with E-state index in [1.807, 2.05) is 6.07 Å². The SMILES string of the molecule is Cc1c(Br)c(=O)n(-c2ccccc2)c(=O)n1C. The molecule has 0 aliphatic heterocycles. The Labute approximate surface area is 106 Å². The Balaban J connectivity index is 2.90. The molecule has 0 saturated heterocycles. The lowest BCUT2D eigenvalue weighted by atomic mass is 10.3. The van der Waals surface area contributed by atoms with Crippen LogP contribution in [-0.4, -0.2) is 9.13 Å². The van der Waals surface area contributed by atoms with Crippen LogP contribution in [0.25, 0.3) is 5.69 Å². The Kier molecular flexibility index (Phi) is 3.02. The van der Waals surface area contributed by atoms with Gasteiger partial charge in [-0.15, -0.1) is 0 Å². The van der Waals surface area contributed by atoms with Crippen LogP contribution in [0, 0.1) is 6.92 Å². The van der Waals surface area contributed by atoms with E-state index in [1.54, 1.807) is 38.2 Å². The fourth-order valence-electron chi connectivity index (χ4n) is 1.59. The molecule has 1 aromatic heterocycles. The van der Waals surface area contributed by atoms with Crippen molar-refractivity contribution in [1.82, 2.24) is 9.13 Å². The Morgan fingerprint density at radius 3 is 2.29 bits per heavy atom. The van der Waals surface area contributed by atoms with E-state index >= 15 is 0 Å². The topological polar surface area (TPSA) is 44.0 Å². The molecule has 2 rings (SSSR count). The second-order valence-electron chi connectivity index (χ2n) is 3.72. The Bertz CT molecular complexity index is 634. The molecule has 1 aromatic carbocycles. The van der Waals surface area contributed by atoms with Gasteiger partial charge in [0.2, 0.25) is 0 Å². The van der Waals surface area contributed by atoms with Crippen molar-refractivity contribution in [3.63, 3.8) is 0 Å². The molecule has 0 spiro atoms. The first-order valence-corrected chi connectivity index (χ1v) is 5.87. The van der Waals surface area contributed by atoms with Crippen molar-refractivity contribution in [3.05, 3.63) is 61.3 Å². The number of nitrogens with zero attached hydrogens (tertiary/aromatic N) is 2. The quantitative estimate of drug-likeness (QED) is 0.802. The van der Waals surface area contributed by atoms with Gasteiger partial charge in [0, 0.05) is 12.7 Å². The molecule has 0 aliphatic rings. The summed E-state index contributed by atoms with van der Waals surface area (Å²) < 4.78 is 3.00. The smallest absolute Gasteiger partial charge is 0.299 e. The predicted octanol–water partition coefficient (Wildman–Crippen LogP) is 1.61. The number of para-hydroxylation sites is 1. The highest BCUT2D eigenvalue weighted by Gasteiger charge is 2.12. The summed E-state index contributed by atoms with van der Waals surface area (Å²) >= 11 is 3.22. The summed E-state index contributed by atoms with van der Waals surface area (Å²) in [6, 6.07) is 8.86. The molecule has 0 N–H and O–H groups in total. The van der Waals surface area contributed by atoms with Gasteiger partial charge in [0.25, 0.3) is 5.56 Å². The summed E-state index contributed by atoms with van der Waals surface area (Å²) in [7, 11) is 1.64. The molecule has 0 atom stereocenters. The lowest BCUT2D eigenvalue weighted by Crippen LogP contribution is -2.39. The van der Waals surface area contributed by atoms with Crippen LogP contribution in [0.3, 0.4) is 0 Å². The summed E-state index contributed by atoms with van der Waals surface area (Å²) in [6.45, 7) is 1.72. The van der Waals surface area contributed by atoms with Gasteiger partial charge in [-0.05, 0) is 35.0 Å². The molecule has 2 aromatic rings. The van der Waals surface area contributed by atoms with E-state index in [1.165, 1.54) is 4.57 Å². The zero-order valence-corrected chi connectivity index (χ0v) is 11.1. The van der Waals surface area contributed by atoms with E-state index in [-0.39, 0.29) is 11.2 Å². The number of benzene rings is 1. The van der Waals surface area contributed by atoms with E-state index in [2.05, 4.69) is 15.9 Å². The van der Waals surface area contributed by atoms with Crippen molar-refractivity contribution >= 4 is 15.9 Å². The summed E-state index contributed by atoms with van der Waals surface area (Å²) in [5.41, 5.74) is 0.504. The molecule has 88 valence electrons. The van der Waals surface area contributed by atoms with Gasteiger partial charge in [-0.3, -0.25) is 9.36 Å². The van der Waals surface area contributed by atoms with Gasteiger partial charge in [-0.25, -0.2) is 9.36 Å². The minimum atomic E-state index is -0.345. The third-order valence-electron chi connectivity index (χ3n) is 2.70. The summed E-state index contributed by atoms with van der Waals surface area (Å²) in [5.74, 6) is 0. The van der Waals surface area contributed by atoms with Crippen LogP contribution >= 0.6 is 15.9 Å². The monoisotopic (exact) mass is 294 g/mol. The normalized spacial score (nSPS) is 10.5. The first-order valence-electron chi connectivity index (χ1n) is 5.07. The molecule has 4 nitrogen and oxygen atoms in total. The van der Waals surface area contributed by atoms with E-state index < -0.39 is 0 Å². The lowest BCUT2D eigenvalue weighted by Gasteiger charge is -2.10. The molecule has 0 unspecified atom stereocenters. The van der Waals surface area contributed by atoms with Crippen LogP contribution in [0.1, 0.15) is 5.69 Å². The Morgan fingerprint density at radius 2 is 1.71 bits per heavy atom. The number of rotatable bonds is 1. The van der Waals surface area contributed by atoms with E-state index in [0.717, 1.165) is 4.57 Å². The first-order chi connectivity index (χ1) is 8.04. The number of hydrogen-bond acceptors (Lipinski definition) is 2. The molecule has 0 bridgehead atoms. The van der Waals surface area contributed by atoms with Crippen LogP contribution < -0.4 is 11.2 Å². The lowest BCUT2D eigenvalue weighted by molar-refractivity contribution is 0.706. The predicted molar refractivity (Wildman–Crippen MR) is 69.7 cm³/mol. The van der Waals surface area contributed by atoms with E-state index in [9.17, 15) is 9.59 Å². The van der Waals surface area contributed by atoms with Crippen molar-refractivity contribution in [3.8, 4) is 5.69 Å². The van der Waals surface area contributed by atoms with Crippen molar-refractivity contribution in [1.29, 1.82) is 0 Å². The van der Waals surface area contributed by atoms with Crippen molar-refractivity contribution in [2.75, 3.05) is 0 Å². The Hall–Kier alpha value is -1.62. The van der Waals surface area contributed by atoms with Crippen LogP contribution in [0.4, 0.5) is 0 Å². The van der Waals surface area contributed by atoms with Gasteiger partial charge in [0.1, 0.15) is 4.47 Å². The summed E-state index contributed by atoms with van der Waals surface area (Å²) in [6.07, 6.45) is 0. The Morgan fingerprint density at radius 1 is 1.12 bits per heavy atom. The highest BCUT2D eigenvalue weighted by atomic mass is 79.9. The molecular weight excluding hydrogens is 284 g/mol. The average Bonchev–Trinajstić information content (AvgIpc) is 2.36. The number of hydrogen-bond donors (Lipinski definition) is 0. The molecule has 1 heterocycles. The van der Waals surface area contributed by atoms with E-state index in [4.69, 9.17) is 0 Å². The van der Waals surface area contributed by atoms with Crippen molar-refractivity contribution in [2.45, 2.75) is 6.92 Å². The fraction of sp³-hybridized carbons (Fsp3) is 0.167. The standard InChI is InChI=1S/C12H11BrN2O2/c1-8-10(13)11(16)15(12(17)14(8)2)9-6-4-3-5-7-9/h3-7H,1-2H3. The second kappa shape index (κ2) is 4.33. The summed E-state index contributed by atoms with van der Waals surface area (Å²) in [4.78, 5) is 24.1. The first kappa shape index (κ1) is 11.9. The molecule has 0 fully saturated rings. The highest BCUT2D eigenvalue weighted by molar-refractivity contribution is 9.10. The average molecular weight is 295 g/mol. The maximum Gasteiger partial charge on any atom is 0.335 e. The van der Waals surface area contributed by atoms with Gasteiger partial charge >= 0.3 is 5.69 Å². The van der Waals surface area contributed by atoms with Crippen LogP contribution in [0.2, 0.25) is 0 Å². The van der Waals surface area contributed by atoms with Crippen LogP contribution in [-0.2, 0) is 7.05 Å². The van der Waals surface area contributed by atoms with Gasteiger partial charge in [-0.1, -0.05) is 18.2 Å². The maximum atomic E-state index is 12.1. The maximum absolute atomic E-state index is 12.1. The minimum absolute atomic E-state index is 0.336. The second-order valence-corrected chi connectivity index (χ2v) is 4.51. The van der Waals surface area contributed by atoms with Crippen LogP contribution in [0.15, 0.2) is 44.4 Å². The molecule has 0 aliphatic carbocycles.